The molecule has 9 nitrogen and oxygen atoms in total. The number of benzene rings is 1. The number of likely N-dealkylation sites (tertiary alicyclic amines) is 1. The zero-order valence-corrected chi connectivity index (χ0v) is 27.7. The van der Waals surface area contributed by atoms with E-state index in [9.17, 15) is 14.7 Å². The van der Waals surface area contributed by atoms with Crippen molar-refractivity contribution < 1.29 is 28.6 Å². The Bertz CT molecular complexity index is 1500. The number of carbonyl (C=O) groups is 2. The first-order valence-corrected chi connectivity index (χ1v) is 16.3. The molecule has 4 aliphatic rings. The molecule has 1 aromatic rings. The number of alkyl halides is 2. The van der Waals surface area contributed by atoms with Gasteiger partial charge >= 0.3 is 0 Å². The summed E-state index contributed by atoms with van der Waals surface area (Å²) in [6.07, 6.45) is 11.3. The van der Waals surface area contributed by atoms with Gasteiger partial charge in [0, 0.05) is 29.1 Å². The topological polar surface area (TPSA) is 126 Å². The minimum atomic E-state index is -1.79. The highest BCUT2D eigenvalue weighted by Crippen LogP contribution is 2.40. The number of halogens is 3. The van der Waals surface area contributed by atoms with Crippen molar-refractivity contribution >= 4 is 52.1 Å². The second-order valence-corrected chi connectivity index (χ2v) is 13.5. The number of nitrogens with two attached hydrogens (primary N) is 1. The van der Waals surface area contributed by atoms with Crippen molar-refractivity contribution in [3.63, 3.8) is 0 Å². The number of aliphatic hydroxyl groups is 1. The molecule has 2 amide bonds. The Morgan fingerprint density at radius 3 is 2.82 bits per heavy atom. The molecular formula is C33H37ClFIN4O5. The summed E-state index contributed by atoms with van der Waals surface area (Å²) in [6.45, 7) is 4.73. The van der Waals surface area contributed by atoms with E-state index in [-0.39, 0.29) is 37.7 Å². The minimum Gasteiger partial charge on any atom is -0.392 e. The van der Waals surface area contributed by atoms with Gasteiger partial charge in [-0.25, -0.2) is 4.39 Å². The van der Waals surface area contributed by atoms with Gasteiger partial charge in [-0.05, 0) is 65.6 Å². The molecule has 0 bridgehead atoms. The largest absolute Gasteiger partial charge is 0.392 e. The maximum absolute atomic E-state index is 15.5. The molecule has 1 aromatic carbocycles. The first kappa shape index (κ1) is 33.6. The van der Waals surface area contributed by atoms with Crippen molar-refractivity contribution in [3.8, 4) is 0 Å². The van der Waals surface area contributed by atoms with Crippen molar-refractivity contribution in [2.75, 3.05) is 32.8 Å². The summed E-state index contributed by atoms with van der Waals surface area (Å²) in [4.78, 5) is 28.3. The smallest absolute Gasteiger partial charge is 0.237 e. The predicted molar refractivity (Wildman–Crippen MR) is 179 cm³/mol. The molecule has 45 heavy (non-hydrogen) atoms. The highest BCUT2D eigenvalue weighted by molar-refractivity contribution is 14.1. The van der Waals surface area contributed by atoms with Crippen molar-refractivity contribution in [1.29, 1.82) is 0 Å². The fourth-order valence-electron chi connectivity index (χ4n) is 5.99. The van der Waals surface area contributed by atoms with Crippen LogP contribution in [0.25, 0.3) is 6.08 Å². The van der Waals surface area contributed by atoms with Crippen LogP contribution in [0.15, 0.2) is 77.7 Å². The standard InChI is InChI=1S/C33H37ClFIN4O5/c1-2-27(37)24-6-3-5-21(15-24)18-38-31(43)28-17-32(44-13-14-45-32)20-40(28)29(41)19-39-30(42)23-7-4-12-33(35,36)26-16-25(34)11-10-22(26)8-9-23/h4,6,8-12,15-16,23,28-29,41H,1,3,5,7,13-14,17-20,37H2,(H,38,43)(H,39,42)/b9-8+,12-4+/t23?,28-,29?,33?/m0/s1. The van der Waals surface area contributed by atoms with Crippen LogP contribution in [0.5, 0.6) is 0 Å². The highest BCUT2D eigenvalue weighted by atomic mass is 127. The van der Waals surface area contributed by atoms with Gasteiger partial charge in [0.1, 0.15) is 6.23 Å². The van der Waals surface area contributed by atoms with E-state index in [4.69, 9.17) is 26.8 Å². The van der Waals surface area contributed by atoms with Gasteiger partial charge in [-0.3, -0.25) is 14.5 Å². The molecular weight excluding hydrogens is 714 g/mol. The number of aliphatic hydroxyl groups excluding tert-OH is 1. The summed E-state index contributed by atoms with van der Waals surface area (Å²) in [5.74, 6) is -2.23. The number of carbonyl (C=O) groups excluding carboxylic acids is 2. The first-order valence-electron chi connectivity index (χ1n) is 14.9. The van der Waals surface area contributed by atoms with E-state index in [1.54, 1.807) is 63.9 Å². The number of fused-ring (bicyclic) bond motifs is 1. The maximum atomic E-state index is 15.5. The third-order valence-electron chi connectivity index (χ3n) is 8.40. The Kier molecular flexibility index (Phi) is 10.7. The molecule has 5 rings (SSSR count). The van der Waals surface area contributed by atoms with Crippen LogP contribution in [-0.4, -0.2) is 72.7 Å². The number of amides is 2. The number of hydrogen-bond donors (Lipinski definition) is 4. The van der Waals surface area contributed by atoms with E-state index < -0.39 is 27.7 Å². The number of hydrogen-bond acceptors (Lipinski definition) is 7. The molecule has 0 radical (unpaired) electrons. The molecule has 2 aliphatic carbocycles. The van der Waals surface area contributed by atoms with E-state index in [1.807, 2.05) is 12.2 Å². The quantitative estimate of drug-likeness (QED) is 0.136. The Hall–Kier alpha value is -2.77. The van der Waals surface area contributed by atoms with Crippen LogP contribution in [0.1, 0.15) is 36.8 Å². The van der Waals surface area contributed by atoms with Crippen molar-refractivity contribution in [2.45, 2.75) is 47.4 Å². The summed E-state index contributed by atoms with van der Waals surface area (Å²) >= 11 is 7.84. The summed E-state index contributed by atoms with van der Waals surface area (Å²) in [5.41, 5.74) is 12.0. The van der Waals surface area contributed by atoms with Crippen molar-refractivity contribution in [3.05, 3.63) is 93.9 Å². The fourth-order valence-corrected chi connectivity index (χ4v) is 6.88. The fraction of sp³-hybridized carbons (Fsp3) is 0.424. The molecule has 2 saturated heterocycles. The van der Waals surface area contributed by atoms with Crippen LogP contribution < -0.4 is 16.4 Å². The average Bonchev–Trinajstić information content (AvgIpc) is 3.67. The molecule has 0 saturated carbocycles. The molecule has 4 atom stereocenters. The molecule has 3 unspecified atom stereocenters. The lowest BCUT2D eigenvalue weighted by molar-refractivity contribution is -0.152. The molecule has 2 aliphatic heterocycles. The third-order valence-corrected chi connectivity index (χ3v) is 9.58. The number of allylic oxidation sites excluding steroid dienone is 4. The van der Waals surface area contributed by atoms with E-state index in [2.05, 4.69) is 22.9 Å². The molecule has 2 fully saturated rings. The molecule has 1 spiro atoms. The molecule has 5 N–H and O–H groups in total. The van der Waals surface area contributed by atoms with Gasteiger partial charge in [0.05, 0.1) is 44.0 Å². The van der Waals surface area contributed by atoms with Gasteiger partial charge in [-0.15, -0.1) is 5.73 Å². The van der Waals surface area contributed by atoms with Crippen LogP contribution in [-0.2, 0) is 22.7 Å². The Balaban J connectivity index is 1.24. The lowest BCUT2D eigenvalue weighted by atomic mass is 9.97. The van der Waals surface area contributed by atoms with Gasteiger partial charge < -0.3 is 30.9 Å². The van der Waals surface area contributed by atoms with E-state index in [0.717, 1.165) is 24.0 Å². The Morgan fingerprint density at radius 2 is 2.07 bits per heavy atom. The molecule has 0 aromatic heterocycles. The van der Waals surface area contributed by atoms with Gasteiger partial charge in [-0.2, -0.15) is 0 Å². The van der Waals surface area contributed by atoms with E-state index in [1.165, 1.54) is 6.08 Å². The van der Waals surface area contributed by atoms with Gasteiger partial charge in [0.2, 0.25) is 15.5 Å². The summed E-state index contributed by atoms with van der Waals surface area (Å²) in [6, 6.07) is 4.23. The third kappa shape index (κ3) is 7.97. The number of nitrogens with zero attached hydrogens (tertiary/aromatic N) is 1. The van der Waals surface area contributed by atoms with Gasteiger partial charge in [0.15, 0.2) is 5.79 Å². The van der Waals surface area contributed by atoms with Gasteiger partial charge in [0.25, 0.3) is 0 Å². The summed E-state index contributed by atoms with van der Waals surface area (Å²) < 4.78 is 25.4. The van der Waals surface area contributed by atoms with Crippen molar-refractivity contribution in [1.82, 2.24) is 15.5 Å². The Labute approximate surface area is 280 Å². The second kappa shape index (κ2) is 14.3. The second-order valence-electron chi connectivity index (χ2n) is 11.5. The highest BCUT2D eigenvalue weighted by Gasteiger charge is 2.52. The summed E-state index contributed by atoms with van der Waals surface area (Å²) in [7, 11) is 0. The van der Waals surface area contributed by atoms with Crippen LogP contribution in [0.3, 0.4) is 0 Å². The van der Waals surface area contributed by atoms with Crippen molar-refractivity contribution in [2.24, 2.45) is 11.7 Å². The summed E-state index contributed by atoms with van der Waals surface area (Å²) in [5, 5.41) is 17.5. The number of nitrogens with one attached hydrogen (secondary N) is 2. The van der Waals surface area contributed by atoms with Gasteiger partial charge in [-0.1, -0.05) is 60.2 Å². The maximum Gasteiger partial charge on any atom is 0.237 e. The first-order chi connectivity index (χ1) is 21.5. The van der Waals surface area contributed by atoms with Crippen LogP contribution in [0.4, 0.5) is 4.39 Å². The van der Waals surface area contributed by atoms with Crippen LogP contribution in [0, 0.1) is 5.92 Å². The van der Waals surface area contributed by atoms with Crippen LogP contribution in [0.2, 0.25) is 5.02 Å². The minimum absolute atomic E-state index is 0.134. The SMILES string of the molecule is C=C=C(N)C1=CCCC(CNC(=O)[C@@H]2CC3(CN2C(O)CNC(=O)C2/C=C/c4ccc(Cl)cc4C(F)(I)/C=C/C2)OCCO3)=C1. The van der Waals surface area contributed by atoms with E-state index in [0.29, 0.717) is 41.6 Å². The van der Waals surface area contributed by atoms with Crippen LogP contribution >= 0.6 is 34.2 Å². The number of rotatable bonds is 8. The lowest BCUT2D eigenvalue weighted by Gasteiger charge is -2.29. The van der Waals surface area contributed by atoms with E-state index >= 15 is 4.39 Å². The molecule has 2 heterocycles. The zero-order valence-electron chi connectivity index (χ0n) is 24.7. The monoisotopic (exact) mass is 750 g/mol. The predicted octanol–water partition coefficient (Wildman–Crippen LogP) is 4.13. The normalized spacial score (nSPS) is 27.9. The Morgan fingerprint density at radius 1 is 1.29 bits per heavy atom. The molecule has 12 heteroatoms. The number of ether oxygens (including phenoxy) is 2. The molecule has 240 valence electrons. The zero-order chi connectivity index (χ0) is 32.2. The lowest BCUT2D eigenvalue weighted by Crippen LogP contribution is -2.52. The average molecular weight is 751 g/mol.